The van der Waals surface area contributed by atoms with Crippen LogP contribution in [0.1, 0.15) is 45.3 Å². The zero-order valence-corrected chi connectivity index (χ0v) is 16.3. The maximum atomic E-state index is 14.3. The zero-order chi connectivity index (χ0) is 21.3. The highest BCUT2D eigenvalue weighted by atomic mass is 19.1. The number of Topliss-reactive ketones (excluding diaryl/α,β-unsaturated/α-hetero) is 1. The van der Waals surface area contributed by atoms with Crippen molar-refractivity contribution in [1.29, 1.82) is 0 Å². The minimum Gasteiger partial charge on any atom is -0.454 e. The molecule has 1 aromatic heterocycles. The Morgan fingerprint density at radius 3 is 2.70 bits per heavy atom. The number of nitrogens with zero attached hydrogens (tertiary/aromatic N) is 1. The Morgan fingerprint density at radius 2 is 1.93 bits per heavy atom. The van der Waals surface area contributed by atoms with Crippen LogP contribution in [0.25, 0.3) is 10.9 Å². The number of benzene rings is 2. The number of hydrogen-bond acceptors (Lipinski definition) is 5. The molecule has 7 heteroatoms. The Labute approximate surface area is 172 Å². The Bertz CT molecular complexity index is 1190. The van der Waals surface area contributed by atoms with Gasteiger partial charge < -0.3 is 10.1 Å². The Kier molecular flexibility index (Phi) is 5.27. The number of pyridine rings is 1. The number of anilines is 1. The third kappa shape index (κ3) is 3.78. The van der Waals surface area contributed by atoms with Gasteiger partial charge in [-0.05, 0) is 49.1 Å². The molecular weight excluding hydrogens is 387 g/mol. The normalized spacial score (nSPS) is 12.5. The van der Waals surface area contributed by atoms with Crippen molar-refractivity contribution in [2.75, 3.05) is 11.9 Å². The molecule has 30 heavy (non-hydrogen) atoms. The van der Waals surface area contributed by atoms with Crippen LogP contribution in [0.2, 0.25) is 0 Å². The minimum absolute atomic E-state index is 0.207. The lowest BCUT2D eigenvalue weighted by molar-refractivity contribution is -0.114. The number of aryl methyl sites for hydroxylation is 1. The van der Waals surface area contributed by atoms with E-state index < -0.39 is 24.2 Å². The van der Waals surface area contributed by atoms with Crippen molar-refractivity contribution in [3.05, 3.63) is 70.7 Å². The number of amides is 1. The maximum Gasteiger partial charge on any atom is 0.339 e. The fourth-order valence-electron chi connectivity index (χ4n) is 3.75. The number of aromatic nitrogens is 1. The van der Waals surface area contributed by atoms with Gasteiger partial charge in [-0.25, -0.2) is 9.18 Å². The van der Waals surface area contributed by atoms with Crippen molar-refractivity contribution in [3.63, 3.8) is 0 Å². The van der Waals surface area contributed by atoms with Crippen molar-refractivity contribution < 1.29 is 23.5 Å². The van der Waals surface area contributed by atoms with Crippen LogP contribution in [0.4, 0.5) is 10.1 Å². The SMILES string of the molecule is CC(=O)Nc1ccc(C(=O)COC(=O)c2c3c(nc4ccccc24)CCC3)c(F)c1. The number of halogens is 1. The van der Waals surface area contributed by atoms with Crippen molar-refractivity contribution >= 4 is 34.3 Å². The first-order valence-electron chi connectivity index (χ1n) is 9.62. The van der Waals surface area contributed by atoms with E-state index in [1.807, 2.05) is 18.2 Å². The molecule has 1 heterocycles. The molecule has 0 bridgehead atoms. The summed E-state index contributed by atoms with van der Waals surface area (Å²) in [5, 5.41) is 3.12. The lowest BCUT2D eigenvalue weighted by Gasteiger charge is -2.12. The number of rotatable bonds is 5. The summed E-state index contributed by atoms with van der Waals surface area (Å²) in [7, 11) is 0. The van der Waals surface area contributed by atoms with Gasteiger partial charge in [0.15, 0.2) is 6.61 Å². The van der Waals surface area contributed by atoms with Crippen LogP contribution in [-0.4, -0.2) is 29.3 Å². The molecule has 1 amide bonds. The second kappa shape index (κ2) is 8.02. The average Bonchev–Trinajstić information content (AvgIpc) is 3.17. The Balaban J connectivity index is 1.55. The minimum atomic E-state index is -0.794. The number of carbonyl (C=O) groups excluding carboxylic acids is 3. The van der Waals surface area contributed by atoms with Gasteiger partial charge >= 0.3 is 5.97 Å². The third-order valence-electron chi connectivity index (χ3n) is 5.05. The van der Waals surface area contributed by atoms with Gasteiger partial charge in [-0.15, -0.1) is 0 Å². The first-order chi connectivity index (χ1) is 14.4. The van der Waals surface area contributed by atoms with E-state index in [0.29, 0.717) is 16.5 Å². The predicted molar refractivity (Wildman–Crippen MR) is 109 cm³/mol. The average molecular weight is 406 g/mol. The van der Waals surface area contributed by atoms with Gasteiger partial charge in [0.2, 0.25) is 11.7 Å². The molecule has 0 atom stereocenters. The van der Waals surface area contributed by atoms with Gasteiger partial charge in [0.25, 0.3) is 0 Å². The van der Waals surface area contributed by atoms with E-state index in [1.165, 1.54) is 19.1 Å². The highest BCUT2D eigenvalue weighted by Crippen LogP contribution is 2.30. The molecule has 3 aromatic rings. The molecule has 0 unspecified atom stereocenters. The van der Waals surface area contributed by atoms with Gasteiger partial charge in [0.05, 0.1) is 16.6 Å². The summed E-state index contributed by atoms with van der Waals surface area (Å²) in [5.74, 6) is -2.42. The molecule has 152 valence electrons. The van der Waals surface area contributed by atoms with Gasteiger partial charge in [-0.1, -0.05) is 18.2 Å². The lowest BCUT2D eigenvalue weighted by Crippen LogP contribution is -2.17. The molecule has 0 fully saturated rings. The monoisotopic (exact) mass is 406 g/mol. The van der Waals surface area contributed by atoms with E-state index in [2.05, 4.69) is 10.3 Å². The molecule has 2 aromatic carbocycles. The maximum absolute atomic E-state index is 14.3. The van der Waals surface area contributed by atoms with Gasteiger partial charge in [-0.3, -0.25) is 14.6 Å². The zero-order valence-electron chi connectivity index (χ0n) is 16.3. The summed E-state index contributed by atoms with van der Waals surface area (Å²) in [6.07, 6.45) is 2.43. The van der Waals surface area contributed by atoms with E-state index in [1.54, 1.807) is 6.07 Å². The van der Waals surface area contributed by atoms with Gasteiger partial charge in [0, 0.05) is 23.7 Å². The van der Waals surface area contributed by atoms with Crippen LogP contribution in [0, 0.1) is 5.82 Å². The van der Waals surface area contributed by atoms with Crippen molar-refractivity contribution in [2.45, 2.75) is 26.2 Å². The van der Waals surface area contributed by atoms with Gasteiger partial charge in [-0.2, -0.15) is 0 Å². The first-order valence-corrected chi connectivity index (χ1v) is 9.62. The van der Waals surface area contributed by atoms with Crippen LogP contribution in [0.15, 0.2) is 42.5 Å². The summed E-state index contributed by atoms with van der Waals surface area (Å²) in [5.41, 5.74) is 2.91. The first kappa shape index (κ1) is 19.7. The van der Waals surface area contributed by atoms with Crippen LogP contribution in [-0.2, 0) is 22.4 Å². The molecule has 0 aliphatic heterocycles. The third-order valence-corrected chi connectivity index (χ3v) is 5.05. The quantitative estimate of drug-likeness (QED) is 0.514. The predicted octanol–water partition coefficient (Wildman–Crippen LogP) is 3.86. The number of nitrogens with one attached hydrogen (secondary N) is 1. The molecule has 1 N–H and O–H groups in total. The fraction of sp³-hybridized carbons (Fsp3) is 0.217. The lowest BCUT2D eigenvalue weighted by atomic mass is 10.0. The van der Waals surface area contributed by atoms with Crippen LogP contribution < -0.4 is 5.32 Å². The standard InChI is InChI=1S/C23H19FN2O4/c1-13(27)25-14-9-10-15(18(24)11-14)21(28)12-30-23(29)22-16-5-2-3-7-19(16)26-20-8-4-6-17(20)22/h2-3,5,7,9-11H,4,6,8,12H2,1H3,(H,25,27). The number of ether oxygens (including phenoxy) is 1. The highest BCUT2D eigenvalue weighted by Gasteiger charge is 2.25. The molecule has 1 aliphatic carbocycles. The second-order valence-electron chi connectivity index (χ2n) is 7.16. The summed E-state index contributed by atoms with van der Waals surface area (Å²) in [6.45, 7) is 0.719. The smallest absolute Gasteiger partial charge is 0.339 e. The van der Waals surface area contributed by atoms with E-state index >= 15 is 0 Å². The summed E-state index contributed by atoms with van der Waals surface area (Å²) >= 11 is 0. The molecule has 6 nitrogen and oxygen atoms in total. The molecule has 0 spiro atoms. The van der Waals surface area contributed by atoms with Crippen LogP contribution >= 0.6 is 0 Å². The molecule has 0 radical (unpaired) electrons. The number of ketones is 1. The van der Waals surface area contributed by atoms with E-state index in [4.69, 9.17) is 4.74 Å². The Hall–Kier alpha value is -3.61. The second-order valence-corrected chi connectivity index (χ2v) is 7.16. The highest BCUT2D eigenvalue weighted by molar-refractivity contribution is 6.06. The molecule has 0 saturated heterocycles. The number of hydrogen-bond donors (Lipinski definition) is 1. The number of fused-ring (bicyclic) bond motifs is 2. The number of carbonyl (C=O) groups is 3. The van der Waals surface area contributed by atoms with Crippen molar-refractivity contribution in [3.8, 4) is 0 Å². The van der Waals surface area contributed by atoms with E-state index in [9.17, 15) is 18.8 Å². The Morgan fingerprint density at radius 1 is 1.13 bits per heavy atom. The topological polar surface area (TPSA) is 85.4 Å². The summed E-state index contributed by atoms with van der Waals surface area (Å²) in [4.78, 5) is 41.0. The van der Waals surface area contributed by atoms with Crippen molar-refractivity contribution in [1.82, 2.24) is 4.98 Å². The molecule has 4 rings (SSSR count). The van der Waals surface area contributed by atoms with E-state index in [-0.39, 0.29) is 17.2 Å². The fourth-order valence-corrected chi connectivity index (χ4v) is 3.75. The van der Waals surface area contributed by atoms with Crippen molar-refractivity contribution in [2.24, 2.45) is 0 Å². The van der Waals surface area contributed by atoms with Crippen LogP contribution in [0.5, 0.6) is 0 Å². The number of para-hydroxylation sites is 1. The summed E-state index contributed by atoms with van der Waals surface area (Å²) < 4.78 is 19.5. The molecule has 1 aliphatic rings. The number of esters is 1. The largest absolute Gasteiger partial charge is 0.454 e. The van der Waals surface area contributed by atoms with Gasteiger partial charge in [0.1, 0.15) is 5.82 Å². The molecule has 0 saturated carbocycles. The van der Waals surface area contributed by atoms with E-state index in [0.717, 1.165) is 36.6 Å². The summed E-state index contributed by atoms with van der Waals surface area (Å²) in [6, 6.07) is 11.0. The molecular formula is C23H19FN2O4. The van der Waals surface area contributed by atoms with Crippen LogP contribution in [0.3, 0.4) is 0 Å².